The van der Waals surface area contributed by atoms with Crippen LogP contribution in [0.4, 0.5) is 5.69 Å². The van der Waals surface area contributed by atoms with Gasteiger partial charge in [-0.25, -0.2) is 4.98 Å². The van der Waals surface area contributed by atoms with Crippen molar-refractivity contribution in [2.45, 2.75) is 20.3 Å². The molecule has 3 rings (SSSR count). The summed E-state index contributed by atoms with van der Waals surface area (Å²) in [6.45, 7) is 3.85. The van der Waals surface area contributed by atoms with Crippen LogP contribution in [0.5, 0.6) is 0 Å². The molecular formula is C18H16ClN3OS. The van der Waals surface area contributed by atoms with E-state index in [-0.39, 0.29) is 5.91 Å². The number of rotatable bonds is 4. The monoisotopic (exact) mass is 357 g/mol. The van der Waals surface area contributed by atoms with E-state index in [1.807, 2.05) is 38.1 Å². The lowest BCUT2D eigenvalue weighted by Gasteiger charge is -2.08. The molecule has 2 aromatic heterocycles. The maximum absolute atomic E-state index is 12.3. The number of aryl methyl sites for hydroxylation is 2. The number of hydrogen-bond donors (Lipinski definition) is 1. The first-order valence-corrected chi connectivity index (χ1v) is 8.65. The van der Waals surface area contributed by atoms with Gasteiger partial charge in [0.15, 0.2) is 0 Å². The van der Waals surface area contributed by atoms with Gasteiger partial charge in [0.1, 0.15) is 5.01 Å². The smallest absolute Gasteiger partial charge is 0.229 e. The topological polar surface area (TPSA) is 54.9 Å². The second-order valence-corrected chi connectivity index (χ2v) is 6.97. The number of pyridine rings is 1. The minimum atomic E-state index is -0.0616. The van der Waals surface area contributed by atoms with Crippen LogP contribution in [0, 0.1) is 13.8 Å². The highest BCUT2D eigenvalue weighted by Gasteiger charge is 2.13. The van der Waals surface area contributed by atoms with E-state index in [0.717, 1.165) is 32.4 Å². The summed E-state index contributed by atoms with van der Waals surface area (Å²) < 4.78 is 0. The van der Waals surface area contributed by atoms with Crippen LogP contribution >= 0.6 is 22.9 Å². The maximum atomic E-state index is 12.3. The lowest BCUT2D eigenvalue weighted by molar-refractivity contribution is -0.115. The van der Waals surface area contributed by atoms with Crippen LogP contribution in [-0.4, -0.2) is 15.9 Å². The van der Waals surface area contributed by atoms with Gasteiger partial charge in [0, 0.05) is 33.5 Å². The number of amides is 1. The van der Waals surface area contributed by atoms with E-state index in [2.05, 4.69) is 15.3 Å². The van der Waals surface area contributed by atoms with Crippen LogP contribution in [0.3, 0.4) is 0 Å². The molecule has 1 aromatic carbocycles. The van der Waals surface area contributed by atoms with E-state index in [1.165, 1.54) is 11.3 Å². The molecule has 0 aliphatic carbocycles. The van der Waals surface area contributed by atoms with Crippen LogP contribution in [0.15, 0.2) is 42.7 Å². The highest BCUT2D eigenvalue weighted by molar-refractivity contribution is 7.15. The fourth-order valence-corrected chi connectivity index (χ4v) is 3.61. The Morgan fingerprint density at radius 3 is 2.67 bits per heavy atom. The average molecular weight is 358 g/mol. The normalized spacial score (nSPS) is 10.6. The number of nitrogens with one attached hydrogen (secondary N) is 1. The predicted octanol–water partition coefficient (Wildman–Crippen LogP) is 4.66. The molecule has 1 amide bonds. The third-order valence-electron chi connectivity index (χ3n) is 3.60. The summed E-state index contributed by atoms with van der Waals surface area (Å²) in [6.07, 6.45) is 3.78. The van der Waals surface area contributed by atoms with Gasteiger partial charge in [0.2, 0.25) is 5.91 Å². The second-order valence-electron chi connectivity index (χ2n) is 5.45. The number of nitrogens with zero attached hydrogens (tertiary/aromatic N) is 2. The molecule has 0 saturated carbocycles. The van der Waals surface area contributed by atoms with Crippen molar-refractivity contribution in [3.8, 4) is 10.6 Å². The Balaban J connectivity index is 1.74. The Kier molecular flexibility index (Phi) is 4.92. The van der Waals surface area contributed by atoms with Crippen molar-refractivity contribution >= 4 is 34.5 Å². The van der Waals surface area contributed by atoms with Crippen LogP contribution in [0.25, 0.3) is 10.6 Å². The quantitative estimate of drug-likeness (QED) is 0.739. The molecule has 0 aliphatic heterocycles. The first-order valence-electron chi connectivity index (χ1n) is 7.45. The summed E-state index contributed by atoms with van der Waals surface area (Å²) in [6, 6.07) is 9.25. The molecular weight excluding hydrogens is 342 g/mol. The molecule has 0 saturated heterocycles. The summed E-state index contributed by atoms with van der Waals surface area (Å²) in [7, 11) is 0. The van der Waals surface area contributed by atoms with Gasteiger partial charge in [-0.2, -0.15) is 0 Å². The van der Waals surface area contributed by atoms with Crippen LogP contribution < -0.4 is 5.32 Å². The maximum Gasteiger partial charge on any atom is 0.229 e. The zero-order valence-corrected chi connectivity index (χ0v) is 14.9. The molecule has 0 unspecified atom stereocenters. The van der Waals surface area contributed by atoms with Gasteiger partial charge >= 0.3 is 0 Å². The average Bonchev–Trinajstić information content (AvgIpc) is 2.92. The molecule has 2 heterocycles. The Bertz CT molecular complexity index is 877. The predicted molar refractivity (Wildman–Crippen MR) is 98.6 cm³/mol. The molecule has 0 radical (unpaired) electrons. The Morgan fingerprint density at radius 2 is 1.96 bits per heavy atom. The molecule has 1 N–H and O–H groups in total. The highest BCUT2D eigenvalue weighted by atomic mass is 35.5. The first kappa shape index (κ1) is 16.6. The van der Waals surface area contributed by atoms with E-state index < -0.39 is 0 Å². The molecule has 4 nitrogen and oxygen atoms in total. The van der Waals surface area contributed by atoms with Crippen LogP contribution in [-0.2, 0) is 11.2 Å². The summed E-state index contributed by atoms with van der Waals surface area (Å²) in [5.41, 5.74) is 3.61. The second kappa shape index (κ2) is 7.11. The third-order valence-corrected chi connectivity index (χ3v) is 5.05. The Labute approximate surface area is 149 Å². The van der Waals surface area contributed by atoms with E-state index in [0.29, 0.717) is 11.4 Å². The van der Waals surface area contributed by atoms with Gasteiger partial charge < -0.3 is 5.32 Å². The Morgan fingerprint density at radius 1 is 1.21 bits per heavy atom. The number of thiazole rings is 1. The van der Waals surface area contributed by atoms with Gasteiger partial charge in [0.25, 0.3) is 0 Å². The first-order chi connectivity index (χ1) is 11.5. The zero-order chi connectivity index (χ0) is 17.1. The third kappa shape index (κ3) is 3.80. The van der Waals surface area contributed by atoms with Crippen molar-refractivity contribution < 1.29 is 4.79 Å². The van der Waals surface area contributed by atoms with Gasteiger partial charge in [-0.3, -0.25) is 9.78 Å². The highest BCUT2D eigenvalue weighted by Crippen LogP contribution is 2.28. The van der Waals surface area contributed by atoms with Crippen LogP contribution in [0.2, 0.25) is 5.02 Å². The van der Waals surface area contributed by atoms with Crippen molar-refractivity contribution in [1.29, 1.82) is 0 Å². The minimum Gasteiger partial charge on any atom is -0.326 e. The van der Waals surface area contributed by atoms with Crippen molar-refractivity contribution in [2.75, 3.05) is 5.32 Å². The number of carbonyl (C=O) groups excluding carboxylic acids is 1. The molecule has 0 atom stereocenters. The standard InChI is InChI=1S/C18H16ClN3OS/c1-11-9-14(19)3-4-15(11)22-17(23)10-16-12(2)21-18(24-16)13-5-7-20-8-6-13/h3-9H,10H2,1-2H3,(H,22,23). The number of carbonyl (C=O) groups is 1. The molecule has 0 fully saturated rings. The van der Waals surface area contributed by atoms with Crippen molar-refractivity contribution in [1.82, 2.24) is 9.97 Å². The molecule has 6 heteroatoms. The number of benzene rings is 1. The lowest BCUT2D eigenvalue weighted by atomic mass is 10.2. The van der Waals surface area contributed by atoms with Gasteiger partial charge in [-0.15, -0.1) is 11.3 Å². The van der Waals surface area contributed by atoms with E-state index >= 15 is 0 Å². The largest absolute Gasteiger partial charge is 0.326 e. The number of anilines is 1. The fraction of sp³-hybridized carbons (Fsp3) is 0.167. The SMILES string of the molecule is Cc1cc(Cl)ccc1NC(=O)Cc1sc(-c2ccncc2)nc1C. The molecule has 0 bridgehead atoms. The van der Waals surface area contributed by atoms with Crippen molar-refractivity contribution in [2.24, 2.45) is 0 Å². The summed E-state index contributed by atoms with van der Waals surface area (Å²) in [5, 5.41) is 4.49. The van der Waals surface area contributed by atoms with Crippen molar-refractivity contribution in [3.05, 3.63) is 63.9 Å². The summed E-state index contributed by atoms with van der Waals surface area (Å²) >= 11 is 7.48. The van der Waals surface area contributed by atoms with E-state index in [9.17, 15) is 4.79 Å². The number of aromatic nitrogens is 2. The molecule has 0 aliphatic rings. The zero-order valence-electron chi connectivity index (χ0n) is 13.3. The number of hydrogen-bond acceptors (Lipinski definition) is 4. The van der Waals surface area contributed by atoms with Gasteiger partial charge in [-0.05, 0) is 49.7 Å². The van der Waals surface area contributed by atoms with Gasteiger partial charge in [0.05, 0.1) is 12.1 Å². The molecule has 0 spiro atoms. The van der Waals surface area contributed by atoms with E-state index in [1.54, 1.807) is 18.5 Å². The van der Waals surface area contributed by atoms with Crippen LogP contribution in [0.1, 0.15) is 16.1 Å². The summed E-state index contributed by atoms with van der Waals surface area (Å²) in [4.78, 5) is 21.9. The summed E-state index contributed by atoms with van der Waals surface area (Å²) in [5.74, 6) is -0.0616. The van der Waals surface area contributed by atoms with Gasteiger partial charge in [-0.1, -0.05) is 11.6 Å². The fourth-order valence-electron chi connectivity index (χ4n) is 2.32. The minimum absolute atomic E-state index is 0.0616. The molecule has 24 heavy (non-hydrogen) atoms. The van der Waals surface area contributed by atoms with E-state index in [4.69, 9.17) is 11.6 Å². The van der Waals surface area contributed by atoms with Crippen molar-refractivity contribution in [3.63, 3.8) is 0 Å². The number of halogens is 1. The molecule has 3 aromatic rings. The lowest BCUT2D eigenvalue weighted by Crippen LogP contribution is -2.15. The molecule has 122 valence electrons. The Hall–Kier alpha value is -2.24.